The van der Waals surface area contributed by atoms with Gasteiger partial charge in [-0.2, -0.15) is 0 Å². The third-order valence-corrected chi connectivity index (χ3v) is 4.84. The second-order valence-corrected chi connectivity index (χ2v) is 6.57. The fourth-order valence-corrected chi connectivity index (χ4v) is 3.32. The molecule has 1 aliphatic heterocycles. The Bertz CT molecular complexity index is 854. The van der Waals surface area contributed by atoms with E-state index >= 15 is 0 Å². The summed E-state index contributed by atoms with van der Waals surface area (Å²) >= 11 is 0. The molecular formula is C21H23FN2O4. The minimum atomic E-state index is -0.542. The van der Waals surface area contributed by atoms with Gasteiger partial charge in [0.15, 0.2) is 0 Å². The number of hydrogen-bond acceptors (Lipinski definition) is 4. The topological polar surface area (TPSA) is 67.9 Å². The van der Waals surface area contributed by atoms with Gasteiger partial charge in [-0.3, -0.25) is 9.59 Å². The Hall–Kier alpha value is -3.09. The molecule has 28 heavy (non-hydrogen) atoms. The van der Waals surface area contributed by atoms with Crippen molar-refractivity contribution in [2.24, 2.45) is 0 Å². The molecule has 1 unspecified atom stereocenters. The molecule has 0 spiro atoms. The summed E-state index contributed by atoms with van der Waals surface area (Å²) in [6.07, 6.45) is 1.35. The van der Waals surface area contributed by atoms with Gasteiger partial charge in [0.25, 0.3) is 5.91 Å². The zero-order valence-electron chi connectivity index (χ0n) is 15.9. The lowest BCUT2D eigenvalue weighted by molar-refractivity contribution is -0.125. The van der Waals surface area contributed by atoms with Crippen molar-refractivity contribution in [2.75, 3.05) is 20.8 Å². The molecular weight excluding hydrogens is 363 g/mol. The third-order valence-electron chi connectivity index (χ3n) is 4.84. The van der Waals surface area contributed by atoms with E-state index in [0.717, 1.165) is 12.0 Å². The number of likely N-dealkylation sites (tertiary alicyclic amines) is 1. The maximum atomic E-state index is 13.0. The molecule has 0 aliphatic carbocycles. The normalized spacial score (nSPS) is 16.0. The number of nitrogens with one attached hydrogen (secondary N) is 1. The van der Waals surface area contributed by atoms with Crippen LogP contribution >= 0.6 is 0 Å². The monoisotopic (exact) mass is 386 g/mol. The molecule has 148 valence electrons. The highest BCUT2D eigenvalue weighted by molar-refractivity contribution is 6.00. The van der Waals surface area contributed by atoms with Crippen molar-refractivity contribution in [3.8, 4) is 11.5 Å². The molecule has 0 radical (unpaired) electrons. The van der Waals surface area contributed by atoms with Gasteiger partial charge in [-0.1, -0.05) is 12.1 Å². The lowest BCUT2D eigenvalue weighted by atomic mass is 10.1. The summed E-state index contributed by atoms with van der Waals surface area (Å²) in [5.74, 6) is 0.197. The van der Waals surface area contributed by atoms with Crippen LogP contribution in [0.25, 0.3) is 0 Å². The fraction of sp³-hybridized carbons (Fsp3) is 0.333. The van der Waals surface area contributed by atoms with Crippen molar-refractivity contribution in [3.05, 3.63) is 59.4 Å². The van der Waals surface area contributed by atoms with Gasteiger partial charge in [-0.05, 0) is 42.7 Å². The highest BCUT2D eigenvalue weighted by atomic mass is 19.1. The Morgan fingerprint density at radius 2 is 1.89 bits per heavy atom. The number of amides is 2. The molecule has 1 N–H and O–H groups in total. The van der Waals surface area contributed by atoms with E-state index in [4.69, 9.17) is 9.47 Å². The number of carbonyl (C=O) groups is 2. The third kappa shape index (κ3) is 4.24. The second-order valence-electron chi connectivity index (χ2n) is 6.57. The predicted octanol–water partition coefficient (Wildman–Crippen LogP) is 2.76. The summed E-state index contributed by atoms with van der Waals surface area (Å²) in [5, 5.41) is 2.84. The second kappa shape index (κ2) is 8.73. The van der Waals surface area contributed by atoms with E-state index in [1.807, 2.05) is 0 Å². The van der Waals surface area contributed by atoms with Crippen molar-refractivity contribution in [2.45, 2.75) is 25.4 Å². The highest BCUT2D eigenvalue weighted by Gasteiger charge is 2.35. The fourth-order valence-electron chi connectivity index (χ4n) is 3.32. The van der Waals surface area contributed by atoms with E-state index in [-0.39, 0.29) is 24.2 Å². The molecule has 0 aromatic heterocycles. The number of rotatable bonds is 6. The largest absolute Gasteiger partial charge is 0.497 e. The zero-order valence-corrected chi connectivity index (χ0v) is 15.9. The van der Waals surface area contributed by atoms with Gasteiger partial charge in [0, 0.05) is 19.2 Å². The molecule has 1 fully saturated rings. The molecule has 0 bridgehead atoms. The first kappa shape index (κ1) is 19.7. The van der Waals surface area contributed by atoms with E-state index in [0.29, 0.717) is 30.0 Å². The predicted molar refractivity (Wildman–Crippen MR) is 102 cm³/mol. The maximum absolute atomic E-state index is 13.0. The Morgan fingerprint density at radius 1 is 1.14 bits per heavy atom. The molecule has 6 nitrogen and oxygen atoms in total. The van der Waals surface area contributed by atoms with Crippen molar-refractivity contribution in [1.29, 1.82) is 0 Å². The lowest BCUT2D eigenvalue weighted by Crippen LogP contribution is -2.45. The molecule has 1 atom stereocenters. The molecule has 2 aromatic carbocycles. The number of nitrogens with zero attached hydrogens (tertiary/aromatic N) is 1. The average Bonchev–Trinajstić information content (AvgIpc) is 3.22. The van der Waals surface area contributed by atoms with Crippen LogP contribution in [0.1, 0.15) is 28.8 Å². The molecule has 7 heteroatoms. The standard InChI is InChI=1S/C21H23FN2O4/c1-27-16-9-10-17(19(12-16)28-2)21(26)24-11-3-4-18(24)20(25)23-13-14-5-7-15(22)8-6-14/h5-10,12,18H,3-4,11,13H2,1-2H3,(H,23,25). The van der Waals surface area contributed by atoms with Gasteiger partial charge in [0.2, 0.25) is 5.91 Å². The van der Waals surface area contributed by atoms with Crippen LogP contribution in [-0.4, -0.2) is 43.5 Å². The van der Waals surface area contributed by atoms with Crippen molar-refractivity contribution in [3.63, 3.8) is 0 Å². The van der Waals surface area contributed by atoms with Gasteiger partial charge in [0.1, 0.15) is 23.4 Å². The minimum Gasteiger partial charge on any atom is -0.497 e. The van der Waals surface area contributed by atoms with Crippen molar-refractivity contribution in [1.82, 2.24) is 10.2 Å². The Balaban J connectivity index is 1.70. The van der Waals surface area contributed by atoms with E-state index in [2.05, 4.69) is 5.32 Å². The SMILES string of the molecule is COc1ccc(C(=O)N2CCCC2C(=O)NCc2ccc(F)cc2)c(OC)c1. The summed E-state index contributed by atoms with van der Waals surface area (Å²) in [6.45, 7) is 0.784. The van der Waals surface area contributed by atoms with E-state index in [9.17, 15) is 14.0 Å². The van der Waals surface area contributed by atoms with Crippen molar-refractivity contribution >= 4 is 11.8 Å². The summed E-state index contributed by atoms with van der Waals surface area (Å²) < 4.78 is 23.5. The van der Waals surface area contributed by atoms with Gasteiger partial charge in [-0.15, -0.1) is 0 Å². The van der Waals surface area contributed by atoms with E-state index in [1.54, 1.807) is 35.2 Å². The van der Waals surface area contributed by atoms with Crippen LogP contribution in [0.2, 0.25) is 0 Å². The van der Waals surface area contributed by atoms with Gasteiger partial charge < -0.3 is 19.7 Å². The number of hydrogen-bond donors (Lipinski definition) is 1. The Morgan fingerprint density at radius 3 is 2.57 bits per heavy atom. The van der Waals surface area contributed by atoms with Crippen LogP contribution in [0, 0.1) is 5.82 Å². The summed E-state index contributed by atoms with van der Waals surface area (Å²) in [4.78, 5) is 27.3. The van der Waals surface area contributed by atoms with Crippen LogP contribution in [0.5, 0.6) is 11.5 Å². The first-order valence-corrected chi connectivity index (χ1v) is 9.08. The van der Waals surface area contributed by atoms with Crippen LogP contribution in [0.4, 0.5) is 4.39 Å². The van der Waals surface area contributed by atoms with Gasteiger partial charge in [0.05, 0.1) is 19.8 Å². The number of methoxy groups -OCH3 is 2. The molecule has 1 heterocycles. The Labute approximate surface area is 163 Å². The first-order chi connectivity index (χ1) is 13.5. The minimum absolute atomic E-state index is 0.220. The Kier molecular flexibility index (Phi) is 6.13. The lowest BCUT2D eigenvalue weighted by Gasteiger charge is -2.25. The molecule has 3 rings (SSSR count). The number of ether oxygens (including phenoxy) is 2. The van der Waals surface area contributed by atoms with Crippen molar-refractivity contribution < 1.29 is 23.5 Å². The van der Waals surface area contributed by atoms with Crippen LogP contribution in [-0.2, 0) is 11.3 Å². The molecule has 1 saturated heterocycles. The summed E-state index contributed by atoms with van der Waals surface area (Å²) in [6, 6.07) is 10.4. The highest BCUT2D eigenvalue weighted by Crippen LogP contribution is 2.28. The summed E-state index contributed by atoms with van der Waals surface area (Å²) in [7, 11) is 3.03. The van der Waals surface area contributed by atoms with E-state index < -0.39 is 6.04 Å². The van der Waals surface area contributed by atoms with Gasteiger partial charge in [-0.25, -0.2) is 4.39 Å². The smallest absolute Gasteiger partial charge is 0.258 e. The maximum Gasteiger partial charge on any atom is 0.258 e. The summed E-state index contributed by atoms with van der Waals surface area (Å²) in [5.41, 5.74) is 1.18. The van der Waals surface area contributed by atoms with E-state index in [1.165, 1.54) is 26.4 Å². The average molecular weight is 386 g/mol. The van der Waals surface area contributed by atoms with Crippen LogP contribution in [0.15, 0.2) is 42.5 Å². The van der Waals surface area contributed by atoms with Crippen LogP contribution < -0.4 is 14.8 Å². The quantitative estimate of drug-likeness (QED) is 0.829. The number of benzene rings is 2. The number of halogens is 1. The zero-order chi connectivity index (χ0) is 20.1. The van der Waals surface area contributed by atoms with Gasteiger partial charge >= 0.3 is 0 Å². The molecule has 1 aliphatic rings. The molecule has 2 aromatic rings. The number of carbonyl (C=O) groups excluding carboxylic acids is 2. The van der Waals surface area contributed by atoms with Crippen LogP contribution in [0.3, 0.4) is 0 Å². The molecule has 0 saturated carbocycles. The first-order valence-electron chi connectivity index (χ1n) is 9.08. The molecule has 2 amide bonds.